The number of benzene rings is 1. The Morgan fingerprint density at radius 1 is 1.23 bits per heavy atom. The van der Waals surface area contributed by atoms with Gasteiger partial charge < -0.3 is 4.98 Å². The molecule has 1 aliphatic rings. The largest absolute Gasteiger partial charge is 0.342 e. The maximum atomic E-state index is 6.36. The summed E-state index contributed by atoms with van der Waals surface area (Å²) in [6, 6.07) is 5.76. The zero-order chi connectivity index (χ0) is 18.1. The van der Waals surface area contributed by atoms with Crippen LogP contribution in [0.1, 0.15) is 49.8 Å². The number of halogens is 2. The maximum absolute atomic E-state index is 6.36. The summed E-state index contributed by atoms with van der Waals surface area (Å²) in [5.74, 6) is 1.56. The van der Waals surface area contributed by atoms with E-state index < -0.39 is 0 Å². The summed E-state index contributed by atoms with van der Waals surface area (Å²) < 4.78 is 0. The zero-order valence-corrected chi connectivity index (χ0v) is 16.1. The summed E-state index contributed by atoms with van der Waals surface area (Å²) >= 11 is 12.4. The first kappa shape index (κ1) is 17.7. The molecule has 0 spiro atoms. The van der Waals surface area contributed by atoms with E-state index in [-0.39, 0.29) is 0 Å². The topological polar surface area (TPSA) is 67.3 Å². The lowest BCUT2D eigenvalue weighted by Gasteiger charge is -2.26. The van der Waals surface area contributed by atoms with E-state index in [1.54, 1.807) is 6.33 Å². The van der Waals surface area contributed by atoms with Crippen LogP contribution in [0.2, 0.25) is 10.0 Å². The number of aromatic amines is 1. The van der Waals surface area contributed by atoms with Crippen LogP contribution >= 0.6 is 23.2 Å². The van der Waals surface area contributed by atoms with Crippen LogP contribution in [-0.2, 0) is 6.42 Å². The molecule has 7 heteroatoms. The second-order valence-electron chi connectivity index (χ2n) is 7.08. The van der Waals surface area contributed by atoms with E-state index in [0.29, 0.717) is 28.4 Å². The molecule has 2 heterocycles. The molecule has 3 aromatic rings. The lowest BCUT2D eigenvalue weighted by atomic mass is 9.80. The molecule has 0 bridgehead atoms. The lowest BCUT2D eigenvalue weighted by molar-refractivity contribution is 0.345. The molecule has 1 aromatic carbocycles. The van der Waals surface area contributed by atoms with Crippen molar-refractivity contribution < 1.29 is 0 Å². The molecule has 0 amide bonds. The second kappa shape index (κ2) is 7.49. The van der Waals surface area contributed by atoms with Crippen LogP contribution in [0.4, 0.5) is 0 Å². The maximum Gasteiger partial charge on any atom is 0.203 e. The summed E-state index contributed by atoms with van der Waals surface area (Å²) in [6.45, 7) is 2.25. The monoisotopic (exact) mass is 389 g/mol. The summed E-state index contributed by atoms with van der Waals surface area (Å²) in [7, 11) is 0. The zero-order valence-electron chi connectivity index (χ0n) is 14.6. The van der Waals surface area contributed by atoms with Gasteiger partial charge in [0.05, 0.1) is 12.0 Å². The molecule has 4 rings (SSSR count). The average Bonchev–Trinajstić information content (AvgIpc) is 3.35. The van der Waals surface area contributed by atoms with Crippen molar-refractivity contribution in [1.82, 2.24) is 25.4 Å². The minimum absolute atomic E-state index is 0.379. The van der Waals surface area contributed by atoms with Crippen LogP contribution in [0, 0.1) is 11.8 Å². The summed E-state index contributed by atoms with van der Waals surface area (Å²) in [4.78, 5) is 7.45. The van der Waals surface area contributed by atoms with Gasteiger partial charge in [0.15, 0.2) is 0 Å². The third kappa shape index (κ3) is 3.55. The highest BCUT2D eigenvalue weighted by atomic mass is 35.5. The predicted molar refractivity (Wildman–Crippen MR) is 104 cm³/mol. The van der Waals surface area contributed by atoms with Gasteiger partial charge in [0.25, 0.3) is 0 Å². The smallest absolute Gasteiger partial charge is 0.203 e. The van der Waals surface area contributed by atoms with Crippen molar-refractivity contribution >= 4 is 34.4 Å². The average molecular weight is 390 g/mol. The van der Waals surface area contributed by atoms with E-state index in [4.69, 9.17) is 23.2 Å². The molecule has 0 radical (unpaired) electrons. The van der Waals surface area contributed by atoms with Gasteiger partial charge >= 0.3 is 0 Å². The van der Waals surface area contributed by atoms with E-state index >= 15 is 0 Å². The molecule has 1 N–H and O–H groups in total. The fourth-order valence-corrected chi connectivity index (χ4v) is 4.44. The van der Waals surface area contributed by atoms with Crippen molar-refractivity contribution in [2.45, 2.75) is 44.9 Å². The number of nitrogens with one attached hydrogen (secondary N) is 1. The van der Waals surface area contributed by atoms with Gasteiger partial charge in [0.2, 0.25) is 5.65 Å². The summed E-state index contributed by atoms with van der Waals surface area (Å²) in [6.07, 6.45) is 7.25. The van der Waals surface area contributed by atoms with E-state index in [0.717, 1.165) is 41.1 Å². The Morgan fingerprint density at radius 3 is 2.81 bits per heavy atom. The molecule has 5 nitrogen and oxygen atoms in total. The number of aryl methyl sites for hydroxylation is 1. The molecule has 1 fully saturated rings. The summed E-state index contributed by atoms with van der Waals surface area (Å²) in [5.41, 5.74) is 3.75. The van der Waals surface area contributed by atoms with Gasteiger partial charge in [-0.15, -0.1) is 10.2 Å². The lowest BCUT2D eigenvalue weighted by Crippen LogP contribution is -2.18. The van der Waals surface area contributed by atoms with Crippen molar-refractivity contribution in [3.05, 3.63) is 45.8 Å². The third-order valence-corrected chi connectivity index (χ3v) is 6.03. The van der Waals surface area contributed by atoms with Crippen LogP contribution < -0.4 is 0 Å². The van der Waals surface area contributed by atoms with E-state index in [1.807, 2.05) is 18.2 Å². The van der Waals surface area contributed by atoms with E-state index in [1.165, 1.54) is 12.8 Å². The number of nitrogens with zero attached hydrogens (tertiary/aromatic N) is 4. The van der Waals surface area contributed by atoms with Crippen LogP contribution in [0.25, 0.3) is 11.2 Å². The fourth-order valence-electron chi connectivity index (χ4n) is 3.94. The Hall–Kier alpha value is -1.72. The van der Waals surface area contributed by atoms with Crippen molar-refractivity contribution in [3.63, 3.8) is 0 Å². The Bertz CT molecular complexity index is 906. The highest BCUT2D eigenvalue weighted by Gasteiger charge is 2.39. The first-order valence-electron chi connectivity index (χ1n) is 9.13. The van der Waals surface area contributed by atoms with Crippen molar-refractivity contribution in [2.75, 3.05) is 0 Å². The molecule has 0 saturated heterocycles. The van der Waals surface area contributed by atoms with Crippen molar-refractivity contribution in [3.8, 4) is 0 Å². The van der Waals surface area contributed by atoms with Gasteiger partial charge in [-0.3, -0.25) is 0 Å². The van der Waals surface area contributed by atoms with Crippen LogP contribution in [0.3, 0.4) is 0 Å². The number of aromatic nitrogens is 5. The highest BCUT2D eigenvalue weighted by molar-refractivity contribution is 6.35. The van der Waals surface area contributed by atoms with Crippen molar-refractivity contribution in [2.24, 2.45) is 11.8 Å². The molecule has 0 aliphatic heterocycles. The fraction of sp³-hybridized carbons (Fsp3) is 0.474. The van der Waals surface area contributed by atoms with Gasteiger partial charge in [0, 0.05) is 16.0 Å². The Labute approximate surface area is 162 Å². The van der Waals surface area contributed by atoms with E-state index in [2.05, 4.69) is 32.3 Å². The minimum Gasteiger partial charge on any atom is -0.342 e. The molecular weight excluding hydrogens is 369 g/mol. The number of hydrogen-bond donors (Lipinski definition) is 1. The van der Waals surface area contributed by atoms with Gasteiger partial charge in [0.1, 0.15) is 5.52 Å². The first-order chi connectivity index (χ1) is 12.7. The summed E-state index contributed by atoms with van der Waals surface area (Å²) in [5, 5.41) is 13.8. The molecule has 2 atom stereocenters. The van der Waals surface area contributed by atoms with Gasteiger partial charge in [-0.05, 0) is 60.4 Å². The van der Waals surface area contributed by atoms with Crippen LogP contribution in [0.15, 0.2) is 24.5 Å². The second-order valence-corrected chi connectivity index (χ2v) is 7.93. The molecular formula is C19H21Cl2N5. The standard InChI is InChI=1S/C19H21Cl2N5/c1-2-11(3-4-12-7-8-14(20)9-15(12)21)16(13-5-6-13)17-18-19(23-10-22-18)25-26-24-17/h7-11,13,16H,2-6H2,1H3,(H,22,23,24,25). The van der Waals surface area contributed by atoms with Gasteiger partial charge in [-0.1, -0.05) is 42.6 Å². The molecule has 136 valence electrons. The highest BCUT2D eigenvalue weighted by Crippen LogP contribution is 2.49. The molecule has 26 heavy (non-hydrogen) atoms. The number of fused-ring (bicyclic) bond motifs is 1. The number of imidazole rings is 1. The molecule has 1 aliphatic carbocycles. The first-order valence-corrected chi connectivity index (χ1v) is 9.89. The number of H-pyrrole nitrogens is 1. The number of rotatable bonds is 7. The SMILES string of the molecule is CCC(CCc1ccc(Cl)cc1Cl)C(c1nnnc2nc[nH]c12)C1CC1. The third-order valence-electron chi connectivity index (χ3n) is 5.44. The Kier molecular flexibility index (Phi) is 5.09. The molecule has 1 saturated carbocycles. The Morgan fingerprint density at radius 2 is 2.08 bits per heavy atom. The van der Waals surface area contributed by atoms with Crippen LogP contribution in [0.5, 0.6) is 0 Å². The number of hydrogen-bond acceptors (Lipinski definition) is 4. The van der Waals surface area contributed by atoms with Gasteiger partial charge in [-0.25, -0.2) is 4.98 Å². The predicted octanol–water partition coefficient (Wildman–Crippen LogP) is 5.21. The van der Waals surface area contributed by atoms with Crippen molar-refractivity contribution in [1.29, 1.82) is 0 Å². The normalized spacial score (nSPS) is 16.7. The quantitative estimate of drug-likeness (QED) is 0.602. The molecule has 2 unspecified atom stereocenters. The van der Waals surface area contributed by atoms with Crippen LogP contribution in [-0.4, -0.2) is 25.4 Å². The van der Waals surface area contributed by atoms with Gasteiger partial charge in [-0.2, -0.15) is 0 Å². The molecule has 2 aromatic heterocycles. The minimum atomic E-state index is 0.379. The Balaban J connectivity index is 1.59. The van der Waals surface area contributed by atoms with E-state index in [9.17, 15) is 0 Å².